The Morgan fingerprint density at radius 1 is 1.10 bits per heavy atom. The molecular weight excluding hydrogens is 246 g/mol. The maximum Gasteiger partial charge on any atom is 0.135 e. The van der Waals surface area contributed by atoms with E-state index >= 15 is 0 Å². The normalized spacial score (nSPS) is 24.4. The molecule has 1 saturated heterocycles. The minimum absolute atomic E-state index is 0.468. The van der Waals surface area contributed by atoms with Crippen LogP contribution in [0.1, 0.15) is 36.2 Å². The molecule has 2 heterocycles. The van der Waals surface area contributed by atoms with E-state index in [0.717, 1.165) is 19.4 Å². The van der Waals surface area contributed by atoms with E-state index in [9.17, 15) is 0 Å². The van der Waals surface area contributed by atoms with Crippen LogP contribution in [0.25, 0.3) is 0 Å². The number of benzene rings is 1. The summed E-state index contributed by atoms with van der Waals surface area (Å²) >= 11 is 0. The van der Waals surface area contributed by atoms with Crippen molar-refractivity contribution in [3.63, 3.8) is 0 Å². The highest BCUT2D eigenvalue weighted by Crippen LogP contribution is 2.43. The lowest BCUT2D eigenvalue weighted by Crippen LogP contribution is -2.49. The molecule has 2 unspecified atom stereocenters. The first kappa shape index (κ1) is 11.9. The van der Waals surface area contributed by atoms with Crippen LogP contribution in [0.15, 0.2) is 36.7 Å². The fourth-order valence-corrected chi connectivity index (χ4v) is 3.66. The van der Waals surface area contributed by atoms with Gasteiger partial charge in [-0.05, 0) is 30.7 Å². The highest BCUT2D eigenvalue weighted by molar-refractivity contribution is 5.55. The lowest BCUT2D eigenvalue weighted by Gasteiger charge is -2.48. The van der Waals surface area contributed by atoms with Crippen molar-refractivity contribution < 1.29 is 0 Å². The van der Waals surface area contributed by atoms with Crippen molar-refractivity contribution in [1.29, 1.82) is 0 Å². The van der Waals surface area contributed by atoms with Gasteiger partial charge in [-0.25, -0.2) is 9.97 Å². The average molecular weight is 265 g/mol. The van der Waals surface area contributed by atoms with Gasteiger partial charge >= 0.3 is 0 Å². The van der Waals surface area contributed by atoms with Gasteiger partial charge in [-0.3, -0.25) is 0 Å². The Labute approximate surface area is 119 Å². The van der Waals surface area contributed by atoms with Crippen molar-refractivity contribution in [1.82, 2.24) is 9.97 Å². The fourth-order valence-electron chi connectivity index (χ4n) is 3.66. The third kappa shape index (κ3) is 1.73. The Bertz CT molecular complexity index is 623. The molecule has 0 radical (unpaired) electrons. The molecule has 2 aliphatic rings. The number of aromatic nitrogens is 2. The molecule has 1 aliphatic heterocycles. The molecule has 0 spiro atoms. The molecule has 0 bridgehead atoms. The Morgan fingerprint density at radius 2 is 1.95 bits per heavy atom. The third-order valence-electron chi connectivity index (χ3n) is 4.62. The summed E-state index contributed by atoms with van der Waals surface area (Å²) in [5.41, 5.74) is 4.05. The highest BCUT2D eigenvalue weighted by Gasteiger charge is 2.39. The molecule has 0 N–H and O–H groups in total. The van der Waals surface area contributed by atoms with Gasteiger partial charge in [0, 0.05) is 17.8 Å². The quantitative estimate of drug-likeness (QED) is 0.835. The smallest absolute Gasteiger partial charge is 0.135 e. The Kier molecular flexibility index (Phi) is 2.72. The summed E-state index contributed by atoms with van der Waals surface area (Å²) in [6.07, 6.45) is 5.22. The highest BCUT2D eigenvalue weighted by atomic mass is 15.3. The zero-order valence-electron chi connectivity index (χ0n) is 11.8. The molecular formula is C17H19N3. The van der Waals surface area contributed by atoms with Gasteiger partial charge in [-0.2, -0.15) is 0 Å². The number of aryl methyl sites for hydroxylation is 1. The van der Waals surface area contributed by atoms with E-state index in [1.807, 2.05) is 0 Å². The summed E-state index contributed by atoms with van der Waals surface area (Å²) in [7, 11) is 0. The maximum atomic E-state index is 4.60. The number of hydrogen-bond donors (Lipinski definition) is 0. The summed E-state index contributed by atoms with van der Waals surface area (Å²) in [4.78, 5) is 11.5. The first-order valence-corrected chi connectivity index (χ1v) is 7.49. The molecule has 102 valence electrons. The predicted octanol–water partition coefficient (Wildman–Crippen LogP) is 3.16. The molecule has 1 aromatic carbocycles. The molecule has 2 aromatic rings. The summed E-state index contributed by atoms with van der Waals surface area (Å²) in [5, 5.41) is 0. The van der Waals surface area contributed by atoms with E-state index < -0.39 is 0 Å². The molecule has 0 amide bonds. The van der Waals surface area contributed by atoms with Crippen LogP contribution >= 0.6 is 0 Å². The van der Waals surface area contributed by atoms with Crippen LogP contribution in [0.5, 0.6) is 0 Å². The van der Waals surface area contributed by atoms with E-state index in [1.165, 1.54) is 29.1 Å². The van der Waals surface area contributed by atoms with E-state index in [-0.39, 0.29) is 0 Å². The first-order valence-electron chi connectivity index (χ1n) is 7.49. The second-order valence-electron chi connectivity index (χ2n) is 5.96. The average Bonchev–Trinajstić information content (AvgIpc) is 2.94. The van der Waals surface area contributed by atoms with E-state index in [0.29, 0.717) is 12.0 Å². The number of hydrogen-bond acceptors (Lipinski definition) is 3. The lowest BCUT2D eigenvalue weighted by atomic mass is 9.84. The van der Waals surface area contributed by atoms with Gasteiger partial charge in [-0.15, -0.1) is 0 Å². The zero-order chi connectivity index (χ0) is 13.5. The number of anilines is 1. The Morgan fingerprint density at radius 3 is 2.75 bits per heavy atom. The summed E-state index contributed by atoms with van der Waals surface area (Å²) in [5.74, 6) is 1.86. The van der Waals surface area contributed by atoms with Crippen LogP contribution < -0.4 is 4.90 Å². The van der Waals surface area contributed by atoms with Gasteiger partial charge in [0.2, 0.25) is 0 Å². The van der Waals surface area contributed by atoms with Gasteiger partial charge in [-0.1, -0.05) is 37.3 Å². The van der Waals surface area contributed by atoms with Crippen LogP contribution in [0.4, 0.5) is 5.82 Å². The van der Waals surface area contributed by atoms with Crippen molar-refractivity contribution in [2.45, 2.75) is 32.2 Å². The fraction of sp³-hybridized carbons (Fsp3) is 0.412. The molecule has 3 nitrogen and oxygen atoms in total. The predicted molar refractivity (Wildman–Crippen MR) is 79.8 cm³/mol. The summed E-state index contributed by atoms with van der Waals surface area (Å²) < 4.78 is 0. The van der Waals surface area contributed by atoms with Crippen LogP contribution in [-0.4, -0.2) is 16.5 Å². The van der Waals surface area contributed by atoms with E-state index in [1.54, 1.807) is 6.33 Å². The summed E-state index contributed by atoms with van der Waals surface area (Å²) in [6.45, 7) is 3.43. The number of nitrogens with zero attached hydrogens (tertiary/aromatic N) is 3. The van der Waals surface area contributed by atoms with Crippen molar-refractivity contribution in [3.05, 3.63) is 53.5 Å². The number of fused-ring (bicyclic) bond motifs is 1. The van der Waals surface area contributed by atoms with Crippen molar-refractivity contribution in [3.8, 4) is 0 Å². The third-order valence-corrected chi connectivity index (χ3v) is 4.62. The Balaban J connectivity index is 1.71. The topological polar surface area (TPSA) is 29.0 Å². The van der Waals surface area contributed by atoms with E-state index in [4.69, 9.17) is 0 Å². The molecule has 0 saturated carbocycles. The van der Waals surface area contributed by atoms with Crippen LogP contribution in [0.2, 0.25) is 0 Å². The molecule has 3 heteroatoms. The SMILES string of the molecule is CC1CN(c2ncnc3c2CCC3)C1c1ccccc1. The molecule has 2 atom stereocenters. The van der Waals surface area contributed by atoms with Crippen LogP contribution in [-0.2, 0) is 12.8 Å². The molecule has 1 fully saturated rings. The molecule has 4 rings (SSSR count). The molecule has 20 heavy (non-hydrogen) atoms. The standard InChI is InChI=1S/C17H19N3/c1-12-10-20(16(12)13-6-3-2-4-7-13)17-14-8-5-9-15(14)18-11-19-17/h2-4,6-7,11-12,16H,5,8-10H2,1H3. The second-order valence-corrected chi connectivity index (χ2v) is 5.96. The number of rotatable bonds is 2. The molecule has 1 aliphatic carbocycles. The van der Waals surface area contributed by atoms with Crippen molar-refractivity contribution in [2.75, 3.05) is 11.4 Å². The minimum atomic E-state index is 0.468. The molecule has 1 aromatic heterocycles. The second kappa shape index (κ2) is 4.58. The van der Waals surface area contributed by atoms with Crippen LogP contribution in [0.3, 0.4) is 0 Å². The van der Waals surface area contributed by atoms with Gasteiger partial charge in [0.25, 0.3) is 0 Å². The zero-order valence-corrected chi connectivity index (χ0v) is 11.8. The Hall–Kier alpha value is -1.90. The lowest BCUT2D eigenvalue weighted by molar-refractivity contribution is 0.321. The van der Waals surface area contributed by atoms with Gasteiger partial charge < -0.3 is 4.90 Å². The van der Waals surface area contributed by atoms with Gasteiger partial charge in [0.15, 0.2) is 0 Å². The van der Waals surface area contributed by atoms with Gasteiger partial charge in [0.05, 0.1) is 6.04 Å². The monoisotopic (exact) mass is 265 g/mol. The van der Waals surface area contributed by atoms with Gasteiger partial charge in [0.1, 0.15) is 12.1 Å². The van der Waals surface area contributed by atoms with Crippen LogP contribution in [0, 0.1) is 5.92 Å². The summed E-state index contributed by atoms with van der Waals surface area (Å²) in [6, 6.07) is 11.3. The first-order chi connectivity index (χ1) is 9.84. The minimum Gasteiger partial charge on any atom is -0.349 e. The largest absolute Gasteiger partial charge is 0.349 e. The maximum absolute atomic E-state index is 4.60. The van der Waals surface area contributed by atoms with Crippen molar-refractivity contribution in [2.24, 2.45) is 5.92 Å². The van der Waals surface area contributed by atoms with E-state index in [2.05, 4.69) is 52.1 Å². The van der Waals surface area contributed by atoms with Crippen molar-refractivity contribution >= 4 is 5.82 Å².